The smallest absolute Gasteiger partial charge is 0.254 e. The van der Waals surface area contributed by atoms with E-state index in [1.54, 1.807) is 16.8 Å². The van der Waals surface area contributed by atoms with Crippen LogP contribution >= 0.6 is 0 Å². The third-order valence-electron chi connectivity index (χ3n) is 4.93. The second kappa shape index (κ2) is 7.13. The van der Waals surface area contributed by atoms with Crippen LogP contribution in [0, 0.1) is 6.92 Å². The molecule has 2 aromatic rings. The molecule has 1 saturated heterocycles. The molecule has 0 aliphatic carbocycles. The zero-order chi connectivity index (χ0) is 18.0. The van der Waals surface area contributed by atoms with Crippen LogP contribution in [0.4, 0.5) is 5.69 Å². The molecular formula is C20H25N3O2. The van der Waals surface area contributed by atoms with Gasteiger partial charge < -0.3 is 14.4 Å². The Kier molecular flexibility index (Phi) is 4.93. The molecule has 25 heavy (non-hydrogen) atoms. The summed E-state index contributed by atoms with van der Waals surface area (Å²) in [6.07, 6.45) is 1.70. The molecule has 1 aromatic carbocycles. The Labute approximate surface area is 148 Å². The van der Waals surface area contributed by atoms with E-state index in [0.717, 1.165) is 13.1 Å². The number of rotatable bonds is 3. The lowest BCUT2D eigenvalue weighted by Crippen LogP contribution is -2.54. The van der Waals surface area contributed by atoms with Gasteiger partial charge in [0.15, 0.2) is 0 Å². The van der Waals surface area contributed by atoms with Gasteiger partial charge in [-0.3, -0.25) is 9.59 Å². The summed E-state index contributed by atoms with van der Waals surface area (Å²) >= 11 is 0. The standard InChI is InChI=1S/C20H25N3O2/c1-4-21-10-9-17(13-19(21)24)20(25)23-12-11-22(14-16(23)3)18-8-6-5-7-15(18)2/h5-10,13,16H,4,11-12,14H2,1-3H3. The Morgan fingerprint density at radius 3 is 2.60 bits per heavy atom. The molecule has 1 fully saturated rings. The zero-order valence-electron chi connectivity index (χ0n) is 15.1. The van der Waals surface area contributed by atoms with Crippen LogP contribution in [0.25, 0.3) is 0 Å². The molecule has 5 nitrogen and oxygen atoms in total. The van der Waals surface area contributed by atoms with E-state index in [0.29, 0.717) is 18.7 Å². The molecule has 1 aliphatic rings. The lowest BCUT2D eigenvalue weighted by molar-refractivity contribution is 0.0673. The number of piperazine rings is 1. The van der Waals surface area contributed by atoms with Crippen molar-refractivity contribution in [2.24, 2.45) is 0 Å². The van der Waals surface area contributed by atoms with Crippen LogP contribution < -0.4 is 10.5 Å². The molecule has 0 saturated carbocycles. The van der Waals surface area contributed by atoms with E-state index >= 15 is 0 Å². The summed E-state index contributed by atoms with van der Waals surface area (Å²) in [7, 11) is 0. The van der Waals surface area contributed by atoms with Gasteiger partial charge in [-0.2, -0.15) is 0 Å². The molecule has 3 rings (SSSR count). The van der Waals surface area contributed by atoms with Gasteiger partial charge in [-0.15, -0.1) is 0 Å². The number of benzene rings is 1. The Hall–Kier alpha value is -2.56. The van der Waals surface area contributed by atoms with E-state index in [2.05, 4.69) is 30.9 Å². The van der Waals surface area contributed by atoms with Crippen molar-refractivity contribution in [2.45, 2.75) is 33.4 Å². The minimum absolute atomic E-state index is 0.0581. The minimum Gasteiger partial charge on any atom is -0.367 e. The number of hydrogen-bond acceptors (Lipinski definition) is 3. The molecule has 132 valence electrons. The van der Waals surface area contributed by atoms with Gasteiger partial charge in [0, 0.05) is 55.7 Å². The summed E-state index contributed by atoms with van der Waals surface area (Å²) in [5, 5.41) is 0. The summed E-state index contributed by atoms with van der Waals surface area (Å²) in [6, 6.07) is 11.6. The van der Waals surface area contributed by atoms with Gasteiger partial charge in [0.2, 0.25) is 0 Å². The highest BCUT2D eigenvalue weighted by Crippen LogP contribution is 2.23. The highest BCUT2D eigenvalue weighted by molar-refractivity contribution is 5.94. The maximum atomic E-state index is 12.8. The van der Waals surface area contributed by atoms with Gasteiger partial charge in [-0.05, 0) is 38.5 Å². The van der Waals surface area contributed by atoms with E-state index in [4.69, 9.17) is 0 Å². The molecule has 0 N–H and O–H groups in total. The third kappa shape index (κ3) is 3.45. The predicted octanol–water partition coefficient (Wildman–Crippen LogP) is 2.53. The molecule has 1 atom stereocenters. The molecule has 1 aromatic heterocycles. The van der Waals surface area contributed by atoms with Crippen LogP contribution in [0.15, 0.2) is 47.4 Å². The number of pyridine rings is 1. The number of carbonyl (C=O) groups is 1. The number of nitrogens with zero attached hydrogens (tertiary/aromatic N) is 3. The van der Waals surface area contributed by atoms with Gasteiger partial charge in [0.05, 0.1) is 0 Å². The molecule has 0 bridgehead atoms. The highest BCUT2D eigenvalue weighted by Gasteiger charge is 2.28. The first-order chi connectivity index (χ1) is 12.0. The second-order valence-electron chi connectivity index (χ2n) is 6.62. The first kappa shape index (κ1) is 17.3. The van der Waals surface area contributed by atoms with Crippen molar-refractivity contribution in [1.29, 1.82) is 0 Å². The Bertz CT molecular complexity index is 828. The lowest BCUT2D eigenvalue weighted by atomic mass is 10.1. The van der Waals surface area contributed by atoms with Crippen LogP contribution in [0.2, 0.25) is 0 Å². The highest BCUT2D eigenvalue weighted by atomic mass is 16.2. The molecule has 0 spiro atoms. The molecule has 1 aliphatic heterocycles. The number of amides is 1. The Morgan fingerprint density at radius 2 is 1.96 bits per heavy atom. The van der Waals surface area contributed by atoms with Crippen molar-refractivity contribution in [3.63, 3.8) is 0 Å². The molecule has 5 heteroatoms. The van der Waals surface area contributed by atoms with Crippen molar-refractivity contribution >= 4 is 11.6 Å². The van der Waals surface area contributed by atoms with Crippen LogP contribution in [-0.4, -0.2) is 41.1 Å². The van der Waals surface area contributed by atoms with Gasteiger partial charge in [-0.1, -0.05) is 18.2 Å². The Morgan fingerprint density at radius 1 is 1.20 bits per heavy atom. The molecule has 1 amide bonds. The maximum absolute atomic E-state index is 12.8. The van der Waals surface area contributed by atoms with E-state index in [1.807, 2.05) is 24.0 Å². The Balaban J connectivity index is 1.75. The summed E-state index contributed by atoms with van der Waals surface area (Å²) in [6.45, 7) is 8.95. The summed E-state index contributed by atoms with van der Waals surface area (Å²) < 4.78 is 1.59. The van der Waals surface area contributed by atoms with Crippen LogP contribution in [0.3, 0.4) is 0 Å². The van der Waals surface area contributed by atoms with Gasteiger partial charge in [0.1, 0.15) is 0 Å². The molecule has 1 unspecified atom stereocenters. The van der Waals surface area contributed by atoms with Gasteiger partial charge in [-0.25, -0.2) is 0 Å². The van der Waals surface area contributed by atoms with E-state index in [-0.39, 0.29) is 17.5 Å². The van der Waals surface area contributed by atoms with Crippen molar-refractivity contribution in [1.82, 2.24) is 9.47 Å². The van der Waals surface area contributed by atoms with Gasteiger partial charge >= 0.3 is 0 Å². The first-order valence-electron chi connectivity index (χ1n) is 8.83. The number of carbonyl (C=O) groups excluding carboxylic acids is 1. The fourth-order valence-corrected chi connectivity index (χ4v) is 3.46. The largest absolute Gasteiger partial charge is 0.367 e. The average molecular weight is 339 g/mol. The number of anilines is 1. The predicted molar refractivity (Wildman–Crippen MR) is 100 cm³/mol. The van der Waals surface area contributed by atoms with Crippen LogP contribution in [0.5, 0.6) is 0 Å². The normalized spacial score (nSPS) is 17.6. The fourth-order valence-electron chi connectivity index (χ4n) is 3.46. The third-order valence-corrected chi connectivity index (χ3v) is 4.93. The van der Waals surface area contributed by atoms with E-state index in [1.165, 1.54) is 17.3 Å². The van der Waals surface area contributed by atoms with Crippen molar-refractivity contribution < 1.29 is 4.79 Å². The van der Waals surface area contributed by atoms with Crippen molar-refractivity contribution in [3.05, 3.63) is 64.1 Å². The molecule has 0 radical (unpaired) electrons. The quantitative estimate of drug-likeness (QED) is 0.863. The summed E-state index contributed by atoms with van der Waals surface area (Å²) in [5.41, 5.74) is 2.83. The van der Waals surface area contributed by atoms with Gasteiger partial charge in [0.25, 0.3) is 11.5 Å². The van der Waals surface area contributed by atoms with Crippen molar-refractivity contribution in [2.75, 3.05) is 24.5 Å². The van der Waals surface area contributed by atoms with Crippen molar-refractivity contribution in [3.8, 4) is 0 Å². The van der Waals surface area contributed by atoms with Crippen LogP contribution in [0.1, 0.15) is 29.8 Å². The molecule has 2 heterocycles. The fraction of sp³-hybridized carbons (Fsp3) is 0.400. The van der Waals surface area contributed by atoms with Crippen LogP contribution in [-0.2, 0) is 6.54 Å². The number of aromatic nitrogens is 1. The zero-order valence-corrected chi connectivity index (χ0v) is 15.1. The van der Waals surface area contributed by atoms with E-state index < -0.39 is 0 Å². The average Bonchev–Trinajstić information content (AvgIpc) is 2.61. The number of para-hydroxylation sites is 1. The minimum atomic E-state index is -0.125. The maximum Gasteiger partial charge on any atom is 0.254 e. The van der Waals surface area contributed by atoms with E-state index in [9.17, 15) is 9.59 Å². The number of aryl methyl sites for hydroxylation is 2. The first-order valence-corrected chi connectivity index (χ1v) is 8.83. The SMILES string of the molecule is CCn1ccc(C(=O)N2CCN(c3ccccc3C)CC2C)cc1=O. The molecular weight excluding hydrogens is 314 g/mol. The second-order valence-corrected chi connectivity index (χ2v) is 6.62. The summed E-state index contributed by atoms with van der Waals surface area (Å²) in [5.74, 6) is -0.0581. The topological polar surface area (TPSA) is 45.6 Å². The monoisotopic (exact) mass is 339 g/mol. The summed E-state index contributed by atoms with van der Waals surface area (Å²) in [4.78, 5) is 29.0. The lowest BCUT2D eigenvalue weighted by Gasteiger charge is -2.41. The number of hydrogen-bond donors (Lipinski definition) is 0.